The van der Waals surface area contributed by atoms with Crippen molar-refractivity contribution in [1.82, 2.24) is 0 Å². The highest BCUT2D eigenvalue weighted by Crippen LogP contribution is 2.42. The highest BCUT2D eigenvalue weighted by atomic mass is 16.6. The van der Waals surface area contributed by atoms with Crippen LogP contribution in [0.2, 0.25) is 0 Å². The zero-order valence-electron chi connectivity index (χ0n) is 10.9. The molecule has 2 fully saturated rings. The largest absolute Gasteiger partial charge is 0.393 e. The second-order valence-corrected chi connectivity index (χ2v) is 5.60. The third-order valence-corrected chi connectivity index (χ3v) is 4.49. The van der Waals surface area contributed by atoms with Crippen LogP contribution in [-0.2, 0) is 0 Å². The van der Waals surface area contributed by atoms with Crippen molar-refractivity contribution in [2.75, 3.05) is 18.0 Å². The lowest BCUT2D eigenvalue weighted by atomic mass is 10.00. The third-order valence-electron chi connectivity index (χ3n) is 4.49. The molecule has 3 atom stereocenters. The van der Waals surface area contributed by atoms with Crippen LogP contribution in [0.15, 0.2) is 18.2 Å². The molecular weight excluding hydrogens is 260 g/mol. The molecule has 106 valence electrons. The first kappa shape index (κ1) is 13.1. The summed E-state index contributed by atoms with van der Waals surface area (Å²) in [6.07, 6.45) is 2.12. The number of nitro benzene ring substituents is 1. The van der Waals surface area contributed by atoms with Crippen LogP contribution in [-0.4, -0.2) is 35.5 Å². The standard InChI is InChI=1S/C14H16N2O4/c17-8-9-1-3-12(13(5-9)16(19)20)15-6-10-2-4-14(18)11(10)7-15/h1,3,5,8,10-11,14,18H,2,4,6-7H2. The maximum absolute atomic E-state index is 11.2. The third kappa shape index (κ3) is 2.06. The number of carbonyl (C=O) groups excluding carboxylic acids is 1. The van der Waals surface area contributed by atoms with Crippen molar-refractivity contribution in [3.8, 4) is 0 Å². The fraction of sp³-hybridized carbons (Fsp3) is 0.500. The maximum Gasteiger partial charge on any atom is 0.293 e. The lowest BCUT2D eigenvalue weighted by Gasteiger charge is -2.20. The van der Waals surface area contributed by atoms with Crippen molar-refractivity contribution in [1.29, 1.82) is 0 Å². The van der Waals surface area contributed by atoms with Crippen LogP contribution in [0.1, 0.15) is 23.2 Å². The van der Waals surface area contributed by atoms with Gasteiger partial charge in [0.25, 0.3) is 5.69 Å². The van der Waals surface area contributed by atoms with Gasteiger partial charge in [0, 0.05) is 30.6 Å². The first-order chi connectivity index (χ1) is 9.60. The Morgan fingerprint density at radius 3 is 2.80 bits per heavy atom. The molecule has 3 unspecified atom stereocenters. The van der Waals surface area contributed by atoms with Gasteiger partial charge in [-0.1, -0.05) is 0 Å². The normalized spacial score (nSPS) is 28.4. The SMILES string of the molecule is O=Cc1ccc(N2CC3CCC(O)C3C2)c([N+](=O)[O-])c1. The van der Waals surface area contributed by atoms with Gasteiger partial charge < -0.3 is 10.0 Å². The first-order valence-electron chi connectivity index (χ1n) is 6.77. The summed E-state index contributed by atoms with van der Waals surface area (Å²) in [4.78, 5) is 23.4. The smallest absolute Gasteiger partial charge is 0.293 e. The summed E-state index contributed by atoms with van der Waals surface area (Å²) >= 11 is 0. The summed E-state index contributed by atoms with van der Waals surface area (Å²) in [5.74, 6) is 0.621. The van der Waals surface area contributed by atoms with Crippen molar-refractivity contribution in [3.05, 3.63) is 33.9 Å². The molecule has 1 saturated heterocycles. The number of aldehydes is 1. The number of nitro groups is 1. The average Bonchev–Trinajstić information content (AvgIpc) is 3.00. The van der Waals surface area contributed by atoms with Crippen LogP contribution in [0.3, 0.4) is 0 Å². The van der Waals surface area contributed by atoms with Gasteiger partial charge in [-0.3, -0.25) is 14.9 Å². The Balaban J connectivity index is 1.91. The number of hydrogen-bond donors (Lipinski definition) is 1. The minimum absolute atomic E-state index is 0.0379. The van der Waals surface area contributed by atoms with Crippen molar-refractivity contribution >= 4 is 17.7 Å². The van der Waals surface area contributed by atoms with E-state index >= 15 is 0 Å². The Hall–Kier alpha value is -1.95. The van der Waals surface area contributed by atoms with Crippen molar-refractivity contribution in [2.45, 2.75) is 18.9 Å². The number of aliphatic hydroxyl groups is 1. The molecule has 1 aromatic carbocycles. The molecule has 0 amide bonds. The first-order valence-corrected chi connectivity index (χ1v) is 6.77. The summed E-state index contributed by atoms with van der Waals surface area (Å²) in [6.45, 7) is 1.39. The Morgan fingerprint density at radius 1 is 1.35 bits per heavy atom. The van der Waals surface area contributed by atoms with E-state index < -0.39 is 4.92 Å². The van der Waals surface area contributed by atoms with Crippen LogP contribution in [0.4, 0.5) is 11.4 Å². The number of anilines is 1. The summed E-state index contributed by atoms with van der Waals surface area (Å²) in [7, 11) is 0. The molecule has 1 N–H and O–H groups in total. The van der Waals surface area contributed by atoms with E-state index in [9.17, 15) is 20.0 Å². The van der Waals surface area contributed by atoms with Crippen LogP contribution in [0.25, 0.3) is 0 Å². The van der Waals surface area contributed by atoms with E-state index in [1.165, 1.54) is 6.07 Å². The Labute approximate surface area is 116 Å². The van der Waals surface area contributed by atoms with E-state index in [2.05, 4.69) is 0 Å². The van der Waals surface area contributed by atoms with Gasteiger partial charge >= 0.3 is 0 Å². The van der Waals surface area contributed by atoms with E-state index in [0.29, 0.717) is 30.0 Å². The lowest BCUT2D eigenvalue weighted by Crippen LogP contribution is -2.25. The van der Waals surface area contributed by atoms with E-state index in [4.69, 9.17) is 0 Å². The molecule has 1 aliphatic carbocycles. The fourth-order valence-corrected chi connectivity index (χ4v) is 3.46. The highest BCUT2D eigenvalue weighted by molar-refractivity contribution is 5.79. The molecule has 0 radical (unpaired) electrons. The molecule has 1 aliphatic heterocycles. The minimum Gasteiger partial charge on any atom is -0.393 e. The van der Waals surface area contributed by atoms with Gasteiger partial charge in [0.15, 0.2) is 0 Å². The molecule has 0 aromatic heterocycles. The molecule has 0 bridgehead atoms. The number of benzene rings is 1. The zero-order valence-corrected chi connectivity index (χ0v) is 10.9. The fourth-order valence-electron chi connectivity index (χ4n) is 3.46. The van der Waals surface area contributed by atoms with Gasteiger partial charge in [-0.15, -0.1) is 0 Å². The van der Waals surface area contributed by atoms with Crippen LogP contribution >= 0.6 is 0 Å². The summed E-state index contributed by atoms with van der Waals surface area (Å²) in [6, 6.07) is 4.54. The van der Waals surface area contributed by atoms with E-state index in [-0.39, 0.29) is 17.7 Å². The van der Waals surface area contributed by atoms with Crippen molar-refractivity contribution in [3.63, 3.8) is 0 Å². The molecule has 0 spiro atoms. The second kappa shape index (κ2) is 4.86. The van der Waals surface area contributed by atoms with Crippen molar-refractivity contribution in [2.24, 2.45) is 11.8 Å². The number of nitrogens with zero attached hydrogens (tertiary/aromatic N) is 2. The zero-order chi connectivity index (χ0) is 14.3. The Kier molecular flexibility index (Phi) is 3.17. The summed E-state index contributed by atoms with van der Waals surface area (Å²) in [5.41, 5.74) is 0.811. The topological polar surface area (TPSA) is 83.7 Å². The number of fused-ring (bicyclic) bond motifs is 1. The molecule has 6 heteroatoms. The van der Waals surface area contributed by atoms with Gasteiger partial charge in [0.1, 0.15) is 12.0 Å². The number of carbonyl (C=O) groups is 1. The average molecular weight is 276 g/mol. The molecule has 6 nitrogen and oxygen atoms in total. The molecule has 1 heterocycles. The summed E-state index contributed by atoms with van der Waals surface area (Å²) < 4.78 is 0. The number of hydrogen-bond acceptors (Lipinski definition) is 5. The number of rotatable bonds is 3. The van der Waals surface area contributed by atoms with Gasteiger partial charge in [-0.25, -0.2) is 0 Å². The Morgan fingerprint density at radius 2 is 2.15 bits per heavy atom. The van der Waals surface area contributed by atoms with Crippen LogP contribution in [0, 0.1) is 22.0 Å². The summed E-state index contributed by atoms with van der Waals surface area (Å²) in [5, 5.41) is 21.1. The van der Waals surface area contributed by atoms with Crippen molar-refractivity contribution < 1.29 is 14.8 Å². The van der Waals surface area contributed by atoms with E-state index in [0.717, 1.165) is 19.4 Å². The van der Waals surface area contributed by atoms with Crippen LogP contribution in [0.5, 0.6) is 0 Å². The highest BCUT2D eigenvalue weighted by Gasteiger charge is 2.43. The quantitative estimate of drug-likeness (QED) is 0.515. The van der Waals surface area contributed by atoms with Gasteiger partial charge in [-0.2, -0.15) is 0 Å². The second-order valence-electron chi connectivity index (χ2n) is 5.60. The molecule has 20 heavy (non-hydrogen) atoms. The maximum atomic E-state index is 11.2. The molecule has 2 aliphatic rings. The van der Waals surface area contributed by atoms with Gasteiger partial charge in [-0.05, 0) is 30.9 Å². The van der Waals surface area contributed by atoms with Gasteiger partial charge in [0.2, 0.25) is 0 Å². The molecular formula is C14H16N2O4. The monoisotopic (exact) mass is 276 g/mol. The van der Waals surface area contributed by atoms with Gasteiger partial charge in [0.05, 0.1) is 11.0 Å². The predicted molar refractivity (Wildman–Crippen MR) is 72.9 cm³/mol. The predicted octanol–water partition coefficient (Wildman–Crippen LogP) is 1.61. The molecule has 1 saturated carbocycles. The Bertz CT molecular complexity index is 560. The van der Waals surface area contributed by atoms with Crippen LogP contribution < -0.4 is 4.90 Å². The lowest BCUT2D eigenvalue weighted by molar-refractivity contribution is -0.384. The van der Waals surface area contributed by atoms with E-state index in [1.807, 2.05) is 4.90 Å². The van der Waals surface area contributed by atoms with E-state index in [1.54, 1.807) is 12.1 Å². The minimum atomic E-state index is -0.452. The number of aliphatic hydroxyl groups excluding tert-OH is 1. The molecule has 1 aromatic rings. The molecule has 3 rings (SSSR count).